The Morgan fingerprint density at radius 2 is 2.00 bits per heavy atom. The van der Waals surface area contributed by atoms with Crippen LogP contribution in [0.15, 0.2) is 48.5 Å². The van der Waals surface area contributed by atoms with Crippen molar-refractivity contribution in [3.05, 3.63) is 70.5 Å². The summed E-state index contributed by atoms with van der Waals surface area (Å²) in [7, 11) is 0. The number of nitrogens with one attached hydrogen (secondary N) is 2. The molecule has 7 heteroatoms. The Balaban J connectivity index is 1.62. The van der Waals surface area contributed by atoms with Gasteiger partial charge in [0.2, 0.25) is 0 Å². The van der Waals surface area contributed by atoms with Crippen LogP contribution in [-0.4, -0.2) is 21.7 Å². The monoisotopic (exact) mass is 391 g/mol. The lowest BCUT2D eigenvalue weighted by Crippen LogP contribution is -2.15. The van der Waals surface area contributed by atoms with Crippen molar-refractivity contribution in [1.29, 1.82) is 5.26 Å². The van der Waals surface area contributed by atoms with Gasteiger partial charge in [-0.3, -0.25) is 4.79 Å². The molecule has 1 aliphatic carbocycles. The summed E-state index contributed by atoms with van der Waals surface area (Å²) in [6, 6.07) is 16.8. The van der Waals surface area contributed by atoms with E-state index in [0.29, 0.717) is 28.0 Å². The van der Waals surface area contributed by atoms with E-state index >= 15 is 0 Å². The molecule has 1 heterocycles. The number of benzene rings is 2. The number of nitriles is 1. The highest BCUT2D eigenvalue weighted by molar-refractivity contribution is 6.32. The predicted octanol–water partition coefficient (Wildman–Crippen LogP) is 4.53. The zero-order chi connectivity index (χ0) is 19.7. The van der Waals surface area contributed by atoms with E-state index in [0.717, 1.165) is 24.2 Å². The summed E-state index contributed by atoms with van der Waals surface area (Å²) in [5.74, 6) is -0.345. The maximum Gasteiger partial charge on any atom is 0.276 e. The molecule has 0 radical (unpaired) electrons. The summed E-state index contributed by atoms with van der Waals surface area (Å²) in [6.45, 7) is 1.86. The fraction of sp³-hybridized carbons (Fsp3) is 0.190. The largest absolute Gasteiger partial charge is 0.381 e. The molecular formula is C21H18ClN5O. The normalized spacial score (nSPS) is 13.0. The van der Waals surface area contributed by atoms with E-state index < -0.39 is 0 Å². The lowest BCUT2D eigenvalue weighted by molar-refractivity contribution is 0.102. The topological polar surface area (TPSA) is 82.7 Å². The maximum absolute atomic E-state index is 12.8. The van der Waals surface area contributed by atoms with Crippen molar-refractivity contribution in [3.63, 3.8) is 0 Å². The average Bonchev–Trinajstić information content (AvgIpc) is 3.43. The molecule has 6 nitrogen and oxygen atoms in total. The van der Waals surface area contributed by atoms with Crippen LogP contribution < -0.4 is 10.6 Å². The van der Waals surface area contributed by atoms with E-state index in [4.69, 9.17) is 11.6 Å². The van der Waals surface area contributed by atoms with Crippen LogP contribution in [0.5, 0.6) is 0 Å². The van der Waals surface area contributed by atoms with Gasteiger partial charge in [-0.15, -0.1) is 0 Å². The Morgan fingerprint density at radius 3 is 2.71 bits per heavy atom. The lowest BCUT2D eigenvalue weighted by Gasteiger charge is -2.12. The van der Waals surface area contributed by atoms with Crippen molar-refractivity contribution in [1.82, 2.24) is 9.78 Å². The summed E-state index contributed by atoms with van der Waals surface area (Å²) in [6.07, 6.45) is 2.21. The molecule has 28 heavy (non-hydrogen) atoms. The molecule has 0 spiro atoms. The molecule has 0 atom stereocenters. The van der Waals surface area contributed by atoms with Gasteiger partial charge in [-0.1, -0.05) is 23.7 Å². The average molecular weight is 392 g/mol. The second kappa shape index (κ2) is 7.37. The van der Waals surface area contributed by atoms with E-state index in [2.05, 4.69) is 21.8 Å². The number of nitrogens with zero attached hydrogens (tertiary/aromatic N) is 3. The molecule has 0 bridgehead atoms. The van der Waals surface area contributed by atoms with Crippen LogP contribution in [0.4, 0.5) is 11.4 Å². The van der Waals surface area contributed by atoms with Crippen molar-refractivity contribution >= 4 is 28.9 Å². The van der Waals surface area contributed by atoms with Crippen LogP contribution in [0.2, 0.25) is 5.02 Å². The quantitative estimate of drug-likeness (QED) is 0.669. The molecule has 3 aromatic rings. The third-order valence-corrected chi connectivity index (χ3v) is 4.85. The van der Waals surface area contributed by atoms with Crippen molar-refractivity contribution in [2.24, 2.45) is 0 Å². The molecule has 2 N–H and O–H groups in total. The zero-order valence-electron chi connectivity index (χ0n) is 15.2. The SMILES string of the molecule is Cc1cc(C(=O)Nc2cc(C#N)ccc2NC2CC2)nn1-c1ccccc1Cl. The Labute approximate surface area is 167 Å². The number of aromatic nitrogens is 2. The first-order chi connectivity index (χ1) is 13.5. The minimum atomic E-state index is -0.345. The molecular weight excluding hydrogens is 374 g/mol. The Kier molecular flexibility index (Phi) is 4.76. The zero-order valence-corrected chi connectivity index (χ0v) is 16.0. The van der Waals surface area contributed by atoms with Crippen LogP contribution in [0, 0.1) is 18.3 Å². The molecule has 1 aromatic heterocycles. The fourth-order valence-electron chi connectivity index (χ4n) is 2.93. The van der Waals surface area contributed by atoms with Crippen LogP contribution in [0.1, 0.15) is 34.6 Å². The molecule has 1 saturated carbocycles. The number of hydrogen-bond donors (Lipinski definition) is 2. The number of amides is 1. The molecule has 140 valence electrons. The Hall–Kier alpha value is -3.30. The molecule has 1 amide bonds. The first kappa shape index (κ1) is 18.1. The van der Waals surface area contributed by atoms with E-state index in [1.54, 1.807) is 28.9 Å². The van der Waals surface area contributed by atoms with E-state index in [1.807, 2.05) is 31.2 Å². The van der Waals surface area contributed by atoms with Gasteiger partial charge in [0.25, 0.3) is 5.91 Å². The number of para-hydroxylation sites is 1. The van der Waals surface area contributed by atoms with Gasteiger partial charge in [-0.05, 0) is 56.2 Å². The van der Waals surface area contributed by atoms with Crippen LogP contribution >= 0.6 is 11.6 Å². The first-order valence-electron chi connectivity index (χ1n) is 8.99. The van der Waals surface area contributed by atoms with Crippen molar-refractivity contribution < 1.29 is 4.79 Å². The summed E-state index contributed by atoms with van der Waals surface area (Å²) >= 11 is 6.26. The number of carbonyl (C=O) groups is 1. The minimum absolute atomic E-state index is 0.275. The van der Waals surface area contributed by atoms with Gasteiger partial charge in [0.05, 0.1) is 33.7 Å². The summed E-state index contributed by atoms with van der Waals surface area (Å²) in [5, 5.41) is 20.4. The highest BCUT2D eigenvalue weighted by Gasteiger charge is 2.23. The van der Waals surface area contributed by atoms with Crippen molar-refractivity contribution in [2.75, 3.05) is 10.6 Å². The van der Waals surface area contributed by atoms with E-state index in [9.17, 15) is 10.1 Å². The predicted molar refractivity (Wildman–Crippen MR) is 109 cm³/mol. The second-order valence-electron chi connectivity index (χ2n) is 6.78. The van der Waals surface area contributed by atoms with Gasteiger partial charge in [0.15, 0.2) is 5.69 Å². The van der Waals surface area contributed by atoms with Gasteiger partial charge in [-0.2, -0.15) is 10.4 Å². The van der Waals surface area contributed by atoms with Crippen molar-refractivity contribution in [3.8, 4) is 11.8 Å². The highest BCUT2D eigenvalue weighted by atomic mass is 35.5. The van der Waals surface area contributed by atoms with Gasteiger partial charge in [0, 0.05) is 11.7 Å². The number of aryl methyl sites for hydroxylation is 1. The standard InChI is InChI=1S/C21H18ClN5O/c1-13-10-19(26-27(13)20-5-3-2-4-16(20)22)21(28)25-18-11-14(12-23)6-9-17(18)24-15-7-8-15/h2-6,9-11,15,24H,7-8H2,1H3,(H,25,28). The third kappa shape index (κ3) is 3.71. The smallest absolute Gasteiger partial charge is 0.276 e. The van der Waals surface area contributed by atoms with Gasteiger partial charge in [-0.25, -0.2) is 4.68 Å². The van der Waals surface area contributed by atoms with Crippen LogP contribution in [-0.2, 0) is 0 Å². The summed E-state index contributed by atoms with van der Waals surface area (Å²) < 4.78 is 1.65. The number of rotatable bonds is 5. The van der Waals surface area contributed by atoms with Gasteiger partial charge in [0.1, 0.15) is 0 Å². The molecule has 0 saturated heterocycles. The second-order valence-corrected chi connectivity index (χ2v) is 7.19. The van der Waals surface area contributed by atoms with Crippen molar-refractivity contribution in [2.45, 2.75) is 25.8 Å². The Bertz CT molecular complexity index is 1090. The Morgan fingerprint density at radius 1 is 1.21 bits per heavy atom. The molecule has 1 fully saturated rings. The third-order valence-electron chi connectivity index (χ3n) is 4.53. The molecule has 0 unspecified atom stereocenters. The lowest BCUT2D eigenvalue weighted by atomic mass is 10.1. The van der Waals surface area contributed by atoms with E-state index in [1.165, 1.54) is 0 Å². The molecule has 4 rings (SSSR count). The number of anilines is 2. The van der Waals surface area contributed by atoms with Crippen LogP contribution in [0.3, 0.4) is 0 Å². The number of halogens is 1. The fourth-order valence-corrected chi connectivity index (χ4v) is 3.15. The molecule has 2 aromatic carbocycles. The first-order valence-corrected chi connectivity index (χ1v) is 9.36. The summed E-state index contributed by atoms with van der Waals surface area (Å²) in [4.78, 5) is 12.8. The molecule has 1 aliphatic rings. The minimum Gasteiger partial charge on any atom is -0.381 e. The van der Waals surface area contributed by atoms with E-state index in [-0.39, 0.29) is 11.6 Å². The van der Waals surface area contributed by atoms with Gasteiger partial charge < -0.3 is 10.6 Å². The molecule has 0 aliphatic heterocycles. The summed E-state index contributed by atoms with van der Waals surface area (Å²) in [5.41, 5.74) is 3.63. The number of hydrogen-bond acceptors (Lipinski definition) is 4. The van der Waals surface area contributed by atoms with Gasteiger partial charge >= 0.3 is 0 Å². The highest BCUT2D eigenvalue weighted by Crippen LogP contribution is 2.30. The van der Waals surface area contributed by atoms with Crippen LogP contribution in [0.25, 0.3) is 5.69 Å². The maximum atomic E-state index is 12.8. The number of carbonyl (C=O) groups excluding carboxylic acids is 1.